The molecule has 0 bridgehead atoms. The maximum Gasteiger partial charge on any atom is 0.410 e. The van der Waals surface area contributed by atoms with Crippen LogP contribution in [-0.4, -0.2) is 63.8 Å². The SMILES string of the molecule is C#CCOC(=O)N1CCC(C)(N2CCC(n3c(=O)[nH]c4cc(C)ccc43)CC2)C1. The van der Waals surface area contributed by atoms with Gasteiger partial charge in [0.15, 0.2) is 6.61 Å². The number of ether oxygens (including phenoxy) is 1. The van der Waals surface area contributed by atoms with E-state index in [1.54, 1.807) is 4.90 Å². The van der Waals surface area contributed by atoms with Crippen molar-refractivity contribution in [1.82, 2.24) is 19.4 Å². The van der Waals surface area contributed by atoms with Gasteiger partial charge in [-0.25, -0.2) is 9.59 Å². The Morgan fingerprint density at radius 1 is 1.34 bits per heavy atom. The Labute approximate surface area is 170 Å². The molecule has 1 N–H and O–H groups in total. The summed E-state index contributed by atoms with van der Waals surface area (Å²) in [7, 11) is 0. The Bertz CT molecular complexity index is 1010. The molecule has 2 aromatic rings. The summed E-state index contributed by atoms with van der Waals surface area (Å²) in [5.41, 5.74) is 2.93. The van der Waals surface area contributed by atoms with E-state index < -0.39 is 0 Å². The van der Waals surface area contributed by atoms with E-state index in [4.69, 9.17) is 11.2 Å². The van der Waals surface area contributed by atoms with Crippen molar-refractivity contribution in [3.05, 3.63) is 34.2 Å². The zero-order chi connectivity index (χ0) is 20.6. The number of imidazole rings is 1. The number of aromatic nitrogens is 2. The minimum atomic E-state index is -0.331. The molecule has 0 spiro atoms. The number of hydrogen-bond donors (Lipinski definition) is 1. The minimum Gasteiger partial charge on any atom is -0.436 e. The Hall–Kier alpha value is -2.72. The van der Waals surface area contributed by atoms with Gasteiger partial charge in [0.1, 0.15) is 0 Å². The maximum absolute atomic E-state index is 12.6. The lowest BCUT2D eigenvalue weighted by atomic mass is 9.93. The molecule has 2 fully saturated rings. The van der Waals surface area contributed by atoms with Gasteiger partial charge in [-0.1, -0.05) is 12.0 Å². The molecule has 4 rings (SSSR count). The smallest absolute Gasteiger partial charge is 0.410 e. The van der Waals surface area contributed by atoms with Crippen LogP contribution in [0.4, 0.5) is 4.79 Å². The van der Waals surface area contributed by atoms with Crippen LogP contribution in [0, 0.1) is 19.3 Å². The standard InChI is InChI=1S/C22H28N4O3/c1-4-13-29-21(28)24-12-9-22(3,15-24)25-10-7-17(8-11-25)26-19-6-5-16(2)14-18(19)23-20(26)27/h1,5-6,14,17H,7-13,15H2,2-3H3,(H,23,27). The molecule has 7 nitrogen and oxygen atoms in total. The van der Waals surface area contributed by atoms with Crippen molar-refractivity contribution in [3.8, 4) is 12.3 Å². The predicted octanol–water partition coefficient (Wildman–Crippen LogP) is 2.51. The van der Waals surface area contributed by atoms with E-state index in [2.05, 4.69) is 28.8 Å². The topological polar surface area (TPSA) is 70.6 Å². The van der Waals surface area contributed by atoms with E-state index in [1.807, 2.05) is 23.6 Å². The van der Waals surface area contributed by atoms with Gasteiger partial charge in [0.25, 0.3) is 0 Å². The first kappa shape index (κ1) is 19.6. The summed E-state index contributed by atoms with van der Waals surface area (Å²) in [6.07, 6.45) is 7.58. The largest absolute Gasteiger partial charge is 0.436 e. The quantitative estimate of drug-likeness (QED) is 0.810. The number of hydrogen-bond acceptors (Lipinski definition) is 4. The molecule has 7 heteroatoms. The third-order valence-electron chi connectivity index (χ3n) is 6.45. The summed E-state index contributed by atoms with van der Waals surface area (Å²) < 4.78 is 7.00. The Balaban J connectivity index is 1.43. The van der Waals surface area contributed by atoms with Gasteiger partial charge in [-0.3, -0.25) is 9.47 Å². The third kappa shape index (κ3) is 3.65. The minimum absolute atomic E-state index is 0.0103. The molecular weight excluding hydrogens is 368 g/mol. The molecule has 1 amide bonds. The fraction of sp³-hybridized carbons (Fsp3) is 0.545. The van der Waals surface area contributed by atoms with Crippen LogP contribution >= 0.6 is 0 Å². The first-order valence-electron chi connectivity index (χ1n) is 10.2. The number of aryl methyl sites for hydroxylation is 1. The summed E-state index contributed by atoms with van der Waals surface area (Å²) in [6, 6.07) is 6.30. The number of carbonyl (C=O) groups excluding carboxylic acids is 1. The van der Waals surface area contributed by atoms with Crippen molar-refractivity contribution in [1.29, 1.82) is 0 Å². The normalized spacial score (nSPS) is 23.4. The molecule has 29 heavy (non-hydrogen) atoms. The molecule has 3 heterocycles. The predicted molar refractivity (Wildman–Crippen MR) is 112 cm³/mol. The zero-order valence-corrected chi connectivity index (χ0v) is 17.1. The van der Waals surface area contributed by atoms with Crippen LogP contribution < -0.4 is 5.69 Å². The van der Waals surface area contributed by atoms with Crippen LogP contribution in [-0.2, 0) is 4.74 Å². The van der Waals surface area contributed by atoms with Crippen molar-refractivity contribution in [2.75, 3.05) is 32.8 Å². The molecule has 0 aliphatic carbocycles. The molecule has 1 aromatic carbocycles. The van der Waals surface area contributed by atoms with E-state index in [0.29, 0.717) is 13.1 Å². The highest BCUT2D eigenvalue weighted by Gasteiger charge is 2.42. The average molecular weight is 396 g/mol. The van der Waals surface area contributed by atoms with E-state index >= 15 is 0 Å². The van der Waals surface area contributed by atoms with Gasteiger partial charge in [-0.05, 0) is 50.8 Å². The molecule has 1 atom stereocenters. The molecule has 154 valence electrons. The number of nitrogens with one attached hydrogen (secondary N) is 1. The maximum atomic E-state index is 12.6. The van der Waals surface area contributed by atoms with Crippen molar-refractivity contribution < 1.29 is 9.53 Å². The lowest BCUT2D eigenvalue weighted by Crippen LogP contribution is -2.52. The van der Waals surface area contributed by atoms with Gasteiger partial charge in [-0.2, -0.15) is 0 Å². The Kier molecular flexibility index (Phi) is 5.13. The summed E-state index contributed by atoms with van der Waals surface area (Å²) in [5.74, 6) is 2.33. The van der Waals surface area contributed by atoms with Crippen LogP contribution in [0.15, 0.2) is 23.0 Å². The van der Waals surface area contributed by atoms with E-state index in [0.717, 1.165) is 48.9 Å². The molecule has 2 aliphatic rings. The first-order chi connectivity index (χ1) is 13.9. The van der Waals surface area contributed by atoms with Crippen LogP contribution in [0.1, 0.15) is 37.8 Å². The number of likely N-dealkylation sites (tertiary alicyclic amines) is 2. The average Bonchev–Trinajstić information content (AvgIpc) is 3.26. The number of terminal acetylenes is 1. The van der Waals surface area contributed by atoms with Gasteiger partial charge >= 0.3 is 11.8 Å². The number of benzene rings is 1. The zero-order valence-electron chi connectivity index (χ0n) is 17.1. The molecule has 2 saturated heterocycles. The van der Waals surface area contributed by atoms with Crippen molar-refractivity contribution in [3.63, 3.8) is 0 Å². The molecule has 2 aliphatic heterocycles. The van der Waals surface area contributed by atoms with Gasteiger partial charge in [0.2, 0.25) is 0 Å². The number of amides is 1. The molecule has 1 unspecified atom stereocenters. The van der Waals surface area contributed by atoms with Gasteiger partial charge < -0.3 is 14.6 Å². The van der Waals surface area contributed by atoms with Gasteiger partial charge in [0, 0.05) is 37.8 Å². The van der Waals surface area contributed by atoms with Gasteiger partial charge in [-0.15, -0.1) is 6.42 Å². The second-order valence-electron chi connectivity index (χ2n) is 8.47. The van der Waals surface area contributed by atoms with Crippen LogP contribution in [0.2, 0.25) is 0 Å². The summed E-state index contributed by atoms with van der Waals surface area (Å²) >= 11 is 0. The Morgan fingerprint density at radius 2 is 2.10 bits per heavy atom. The highest BCUT2D eigenvalue weighted by molar-refractivity contribution is 5.76. The van der Waals surface area contributed by atoms with Crippen LogP contribution in [0.3, 0.4) is 0 Å². The highest BCUT2D eigenvalue weighted by atomic mass is 16.6. The van der Waals surface area contributed by atoms with E-state index in [-0.39, 0.29) is 30.0 Å². The number of rotatable bonds is 3. The first-order valence-corrected chi connectivity index (χ1v) is 10.2. The lowest BCUT2D eigenvalue weighted by molar-refractivity contribution is 0.0650. The van der Waals surface area contributed by atoms with E-state index in [9.17, 15) is 9.59 Å². The van der Waals surface area contributed by atoms with Crippen LogP contribution in [0.25, 0.3) is 11.0 Å². The summed E-state index contributed by atoms with van der Waals surface area (Å²) in [5, 5.41) is 0. The lowest BCUT2D eigenvalue weighted by Gasteiger charge is -2.43. The molecule has 0 saturated carbocycles. The number of piperidine rings is 1. The van der Waals surface area contributed by atoms with Crippen molar-refractivity contribution in [2.45, 2.75) is 44.7 Å². The van der Waals surface area contributed by atoms with E-state index in [1.165, 1.54) is 0 Å². The molecular formula is C22H28N4O3. The number of aromatic amines is 1. The second kappa shape index (κ2) is 7.60. The molecule has 1 aromatic heterocycles. The summed E-state index contributed by atoms with van der Waals surface area (Å²) in [6.45, 7) is 7.38. The second-order valence-corrected chi connectivity index (χ2v) is 8.47. The van der Waals surface area contributed by atoms with Crippen molar-refractivity contribution in [2.24, 2.45) is 0 Å². The van der Waals surface area contributed by atoms with Crippen LogP contribution in [0.5, 0.6) is 0 Å². The Morgan fingerprint density at radius 3 is 2.83 bits per heavy atom. The third-order valence-corrected chi connectivity index (χ3v) is 6.45. The van der Waals surface area contributed by atoms with Gasteiger partial charge in [0.05, 0.1) is 11.0 Å². The number of fused-ring (bicyclic) bond motifs is 1. The fourth-order valence-electron chi connectivity index (χ4n) is 4.83. The number of H-pyrrole nitrogens is 1. The monoisotopic (exact) mass is 396 g/mol. The summed E-state index contributed by atoms with van der Waals surface area (Å²) in [4.78, 5) is 31.9. The fourth-order valence-corrected chi connectivity index (χ4v) is 4.83. The highest BCUT2D eigenvalue weighted by Crippen LogP contribution is 2.34. The number of carbonyl (C=O) groups is 1. The number of nitrogens with zero attached hydrogens (tertiary/aromatic N) is 3. The molecule has 0 radical (unpaired) electrons. The van der Waals surface area contributed by atoms with Crippen molar-refractivity contribution >= 4 is 17.1 Å².